The summed E-state index contributed by atoms with van der Waals surface area (Å²) < 4.78 is 12.6. The number of fused-ring (bicyclic) bond motifs is 2. The topological polar surface area (TPSA) is 62.1 Å². The molecule has 1 aromatic carbocycles. The lowest BCUT2D eigenvalue weighted by atomic mass is 10.2. The summed E-state index contributed by atoms with van der Waals surface area (Å²) in [5, 5.41) is 0.300. The van der Waals surface area contributed by atoms with Gasteiger partial charge in [0.2, 0.25) is 5.28 Å². The molecule has 3 aliphatic rings. The first-order valence-corrected chi connectivity index (χ1v) is 9.20. The molecular formula is C18H18Cl2N4O2. The predicted molar refractivity (Wildman–Crippen MR) is 99.4 cm³/mol. The van der Waals surface area contributed by atoms with E-state index in [2.05, 4.69) is 15.0 Å². The van der Waals surface area contributed by atoms with Crippen LogP contribution in [0.25, 0.3) is 11.2 Å². The number of rotatable bonds is 3. The number of nitrogens with zero attached hydrogens (tertiary/aromatic N) is 4. The average molecular weight is 393 g/mol. The number of aromatic nitrogens is 4. The van der Waals surface area contributed by atoms with E-state index in [1.54, 1.807) is 18.0 Å². The van der Waals surface area contributed by atoms with Gasteiger partial charge in [0, 0.05) is 12.7 Å². The van der Waals surface area contributed by atoms with Crippen molar-refractivity contribution in [3.63, 3.8) is 0 Å². The summed E-state index contributed by atoms with van der Waals surface area (Å²) in [6.45, 7) is 0. The third-order valence-electron chi connectivity index (χ3n) is 4.63. The molecule has 8 heteroatoms. The van der Waals surface area contributed by atoms with Gasteiger partial charge in [-0.2, -0.15) is 4.98 Å². The zero-order chi connectivity index (χ0) is 18.1. The molecule has 0 spiro atoms. The Morgan fingerprint density at radius 3 is 2.42 bits per heavy atom. The average Bonchev–Trinajstić information content (AvgIpc) is 3.34. The summed E-state index contributed by atoms with van der Waals surface area (Å²) in [6.07, 6.45) is 6.67. The van der Waals surface area contributed by atoms with Crippen molar-refractivity contribution in [1.82, 2.24) is 19.5 Å². The molecule has 6 nitrogen and oxygen atoms in total. The summed E-state index contributed by atoms with van der Waals surface area (Å²) in [6, 6.07) is 9.75. The zero-order valence-electron chi connectivity index (χ0n) is 14.2. The van der Waals surface area contributed by atoms with Gasteiger partial charge in [0.05, 0.1) is 18.5 Å². The van der Waals surface area contributed by atoms with Crippen LogP contribution < -0.4 is 0 Å². The fourth-order valence-electron chi connectivity index (χ4n) is 3.35. The van der Waals surface area contributed by atoms with E-state index in [0.717, 1.165) is 5.56 Å². The number of hydrogen-bond acceptors (Lipinski definition) is 5. The van der Waals surface area contributed by atoms with Crippen molar-refractivity contribution in [2.24, 2.45) is 0 Å². The van der Waals surface area contributed by atoms with Gasteiger partial charge >= 0.3 is 0 Å². The third kappa shape index (κ3) is 3.42. The van der Waals surface area contributed by atoms with Crippen molar-refractivity contribution in [1.29, 1.82) is 0 Å². The molecule has 26 heavy (non-hydrogen) atoms. The maximum absolute atomic E-state index is 6.02. The zero-order valence-corrected chi connectivity index (χ0v) is 15.7. The van der Waals surface area contributed by atoms with Gasteiger partial charge in [-0.1, -0.05) is 41.9 Å². The fraction of sp³-hybridized carbons (Fsp3) is 0.389. The maximum Gasteiger partial charge on any atom is 0.225 e. The summed E-state index contributed by atoms with van der Waals surface area (Å²) in [7, 11) is 1.62. The van der Waals surface area contributed by atoms with Crippen LogP contribution in [0.3, 0.4) is 0 Å². The van der Waals surface area contributed by atoms with Crippen LogP contribution in [0, 0.1) is 0 Å². The minimum atomic E-state index is -0.358. The van der Waals surface area contributed by atoms with E-state index < -0.39 is 0 Å². The molecule has 2 saturated heterocycles. The molecule has 2 aromatic heterocycles. The molecular weight excluding hydrogens is 375 g/mol. The van der Waals surface area contributed by atoms with E-state index in [-0.39, 0.29) is 16.7 Å². The van der Waals surface area contributed by atoms with Crippen LogP contribution in [-0.2, 0) is 9.47 Å². The van der Waals surface area contributed by atoms with Crippen LogP contribution in [0.2, 0.25) is 10.4 Å². The lowest BCUT2D eigenvalue weighted by molar-refractivity contribution is -0.0647. The number of hydrogen-bond donors (Lipinski definition) is 0. The van der Waals surface area contributed by atoms with Gasteiger partial charge in [-0.05, 0) is 30.9 Å². The molecule has 3 atom stereocenters. The summed E-state index contributed by atoms with van der Waals surface area (Å²) in [4.78, 5) is 12.3. The first kappa shape index (κ1) is 17.7. The number of halogens is 2. The van der Waals surface area contributed by atoms with Crippen molar-refractivity contribution in [3.05, 3.63) is 52.7 Å². The van der Waals surface area contributed by atoms with Crippen LogP contribution in [0.1, 0.15) is 31.1 Å². The SMILES string of the molecule is C1CC2CC1O2.COC(c1ccccc1)n1cnc2c(Cl)nc(Cl)nc21. The minimum Gasteiger partial charge on any atom is -0.375 e. The van der Waals surface area contributed by atoms with Gasteiger partial charge in [-0.15, -0.1) is 0 Å². The van der Waals surface area contributed by atoms with Gasteiger partial charge in [-0.3, -0.25) is 4.57 Å². The van der Waals surface area contributed by atoms with Gasteiger partial charge in [-0.25, -0.2) is 9.97 Å². The molecule has 3 fully saturated rings. The van der Waals surface area contributed by atoms with Gasteiger partial charge < -0.3 is 9.47 Å². The van der Waals surface area contributed by atoms with Crippen LogP contribution in [0.5, 0.6) is 0 Å². The van der Waals surface area contributed by atoms with Gasteiger partial charge in [0.15, 0.2) is 17.0 Å². The summed E-state index contributed by atoms with van der Waals surface area (Å²) >= 11 is 11.9. The number of benzene rings is 1. The van der Waals surface area contributed by atoms with E-state index in [1.807, 2.05) is 30.3 Å². The molecule has 4 heterocycles. The van der Waals surface area contributed by atoms with Crippen molar-refractivity contribution in [2.75, 3.05) is 7.11 Å². The molecule has 0 N–H and O–H groups in total. The second kappa shape index (κ2) is 7.48. The van der Waals surface area contributed by atoms with E-state index >= 15 is 0 Å². The number of methoxy groups -OCH3 is 1. The van der Waals surface area contributed by atoms with Crippen molar-refractivity contribution < 1.29 is 9.47 Å². The summed E-state index contributed by atoms with van der Waals surface area (Å²) in [5.41, 5.74) is 2.00. The van der Waals surface area contributed by atoms with Crippen LogP contribution in [0.4, 0.5) is 0 Å². The van der Waals surface area contributed by atoms with E-state index in [0.29, 0.717) is 23.4 Å². The van der Waals surface area contributed by atoms with Gasteiger partial charge in [0.25, 0.3) is 0 Å². The number of ether oxygens (including phenoxy) is 2. The fourth-order valence-corrected chi connectivity index (χ4v) is 3.78. The first-order valence-electron chi connectivity index (χ1n) is 8.44. The van der Waals surface area contributed by atoms with Crippen LogP contribution in [0.15, 0.2) is 36.7 Å². The Balaban J connectivity index is 0.000000233. The molecule has 136 valence electrons. The smallest absolute Gasteiger partial charge is 0.225 e. The molecule has 6 rings (SSSR count). The van der Waals surface area contributed by atoms with Crippen molar-refractivity contribution >= 4 is 34.4 Å². The lowest BCUT2D eigenvalue weighted by Crippen LogP contribution is -2.25. The Morgan fingerprint density at radius 1 is 1.15 bits per heavy atom. The second-order valence-corrected chi connectivity index (χ2v) is 7.00. The van der Waals surface area contributed by atoms with Crippen LogP contribution >= 0.6 is 23.2 Å². The Kier molecular flexibility index (Phi) is 5.09. The highest BCUT2D eigenvalue weighted by Crippen LogP contribution is 2.36. The lowest BCUT2D eigenvalue weighted by Gasteiger charge is -2.23. The highest BCUT2D eigenvalue weighted by Gasteiger charge is 2.36. The Bertz CT molecular complexity index is 883. The second-order valence-electron chi connectivity index (χ2n) is 6.30. The van der Waals surface area contributed by atoms with E-state index in [9.17, 15) is 0 Å². The normalized spacial score (nSPS) is 21.8. The monoisotopic (exact) mass is 392 g/mol. The standard InChI is InChI=1S/C13H10Cl2N4O.C5H8O/c1-20-12(8-5-3-2-4-6-8)19-7-16-9-10(14)17-13(15)18-11(9)19;1-2-5-3-4(1)6-5/h2-7,12H,1H3;4-5H,1-3H2. The van der Waals surface area contributed by atoms with Crippen LogP contribution in [-0.4, -0.2) is 38.8 Å². The molecule has 2 bridgehead atoms. The Morgan fingerprint density at radius 2 is 1.85 bits per heavy atom. The number of imidazole rings is 1. The molecule has 0 radical (unpaired) electrons. The molecule has 3 unspecified atom stereocenters. The maximum atomic E-state index is 6.02. The van der Waals surface area contributed by atoms with Gasteiger partial charge in [0.1, 0.15) is 5.52 Å². The van der Waals surface area contributed by atoms with Crippen molar-refractivity contribution in [3.8, 4) is 0 Å². The van der Waals surface area contributed by atoms with Crippen molar-refractivity contribution in [2.45, 2.75) is 37.7 Å². The largest absolute Gasteiger partial charge is 0.375 e. The third-order valence-corrected chi connectivity index (χ3v) is 5.07. The highest BCUT2D eigenvalue weighted by atomic mass is 35.5. The molecule has 3 aromatic rings. The molecule has 1 saturated carbocycles. The molecule has 0 amide bonds. The molecule has 1 aliphatic carbocycles. The first-order chi connectivity index (χ1) is 12.7. The minimum absolute atomic E-state index is 0.0761. The predicted octanol–water partition coefficient (Wildman–Crippen LogP) is 4.26. The Labute approximate surface area is 161 Å². The van der Waals surface area contributed by atoms with E-state index in [1.165, 1.54) is 19.3 Å². The summed E-state index contributed by atoms with van der Waals surface area (Å²) in [5.74, 6) is 0. The Hall–Kier alpha value is -1.73. The molecule has 2 aliphatic heterocycles. The highest BCUT2D eigenvalue weighted by molar-refractivity contribution is 6.35. The quantitative estimate of drug-likeness (QED) is 0.492. The van der Waals surface area contributed by atoms with E-state index in [4.69, 9.17) is 32.7 Å².